The number of hydrogen-bond donors (Lipinski definition) is 1. The smallest absolute Gasteiger partial charge is 0.129 e. The first-order valence-electron chi connectivity index (χ1n) is 6.73. The second-order valence-corrected chi connectivity index (χ2v) is 6.15. The molecule has 0 aliphatic heterocycles. The molecule has 2 aromatic rings. The van der Waals surface area contributed by atoms with Crippen molar-refractivity contribution in [1.29, 1.82) is 0 Å². The summed E-state index contributed by atoms with van der Waals surface area (Å²) >= 11 is 1.81. The number of nitrogens with zero attached hydrogens (tertiary/aromatic N) is 2. The number of nitrogens with two attached hydrogens (primary N) is 1. The summed E-state index contributed by atoms with van der Waals surface area (Å²) in [4.78, 5) is 8.52. The zero-order chi connectivity index (χ0) is 13.2. The number of hydrogen-bond acceptors (Lipinski definition) is 4. The van der Waals surface area contributed by atoms with E-state index >= 15 is 0 Å². The largest absolute Gasteiger partial charge is 0.348 e. The highest BCUT2D eigenvalue weighted by Gasteiger charge is 2.30. The van der Waals surface area contributed by atoms with Gasteiger partial charge in [0.25, 0.3) is 0 Å². The standard InChI is InChI=1S/C15H19N3S/c1-11-7-12(9-16)8-15(17-11)18(13-4-5-13)10-14-3-2-6-19-14/h2-3,6-8,13H,4-5,9-10,16H2,1H3. The molecule has 0 amide bonds. The van der Waals surface area contributed by atoms with Gasteiger partial charge in [0.2, 0.25) is 0 Å². The molecule has 2 aromatic heterocycles. The van der Waals surface area contributed by atoms with Crippen LogP contribution in [0.25, 0.3) is 0 Å². The minimum Gasteiger partial charge on any atom is -0.348 e. The lowest BCUT2D eigenvalue weighted by Crippen LogP contribution is -2.26. The summed E-state index contributed by atoms with van der Waals surface area (Å²) in [5.74, 6) is 1.08. The lowest BCUT2D eigenvalue weighted by Gasteiger charge is -2.24. The molecule has 0 unspecified atom stereocenters. The SMILES string of the molecule is Cc1cc(CN)cc(N(Cc2cccs2)C2CC2)n1. The molecule has 1 saturated carbocycles. The third-order valence-corrected chi connectivity index (χ3v) is 4.28. The van der Waals surface area contributed by atoms with Crippen molar-refractivity contribution in [2.24, 2.45) is 5.73 Å². The summed E-state index contributed by atoms with van der Waals surface area (Å²) in [6.07, 6.45) is 2.55. The molecule has 3 rings (SSSR count). The Balaban J connectivity index is 1.89. The summed E-state index contributed by atoms with van der Waals surface area (Å²) in [6.45, 7) is 3.58. The quantitative estimate of drug-likeness (QED) is 0.910. The van der Waals surface area contributed by atoms with Crippen LogP contribution in [0.3, 0.4) is 0 Å². The van der Waals surface area contributed by atoms with Crippen LogP contribution in [0.4, 0.5) is 5.82 Å². The van der Waals surface area contributed by atoms with Crippen LogP contribution in [0.2, 0.25) is 0 Å². The van der Waals surface area contributed by atoms with Gasteiger partial charge in [-0.15, -0.1) is 11.3 Å². The average Bonchev–Trinajstić information content (AvgIpc) is 3.12. The van der Waals surface area contributed by atoms with Gasteiger partial charge in [-0.05, 0) is 48.9 Å². The first kappa shape index (κ1) is 12.6. The van der Waals surface area contributed by atoms with Gasteiger partial charge in [0.05, 0.1) is 6.54 Å². The van der Waals surface area contributed by atoms with E-state index in [1.54, 1.807) is 0 Å². The van der Waals surface area contributed by atoms with E-state index in [1.165, 1.54) is 23.3 Å². The van der Waals surface area contributed by atoms with Crippen LogP contribution in [0, 0.1) is 6.92 Å². The van der Waals surface area contributed by atoms with Crippen molar-refractivity contribution in [3.05, 3.63) is 45.8 Å². The maximum absolute atomic E-state index is 5.77. The Labute approximate surface area is 118 Å². The summed E-state index contributed by atoms with van der Waals surface area (Å²) in [5.41, 5.74) is 7.99. The number of aromatic nitrogens is 1. The van der Waals surface area contributed by atoms with E-state index in [9.17, 15) is 0 Å². The number of thiophene rings is 1. The zero-order valence-electron chi connectivity index (χ0n) is 11.2. The topological polar surface area (TPSA) is 42.1 Å². The molecule has 1 fully saturated rings. The maximum atomic E-state index is 5.77. The Hall–Kier alpha value is -1.39. The first-order valence-corrected chi connectivity index (χ1v) is 7.61. The predicted molar refractivity (Wildman–Crippen MR) is 80.4 cm³/mol. The number of aryl methyl sites for hydroxylation is 1. The number of anilines is 1. The third-order valence-electron chi connectivity index (χ3n) is 3.42. The van der Waals surface area contributed by atoms with Crippen LogP contribution >= 0.6 is 11.3 Å². The van der Waals surface area contributed by atoms with Gasteiger partial charge in [-0.1, -0.05) is 6.07 Å². The van der Waals surface area contributed by atoms with Gasteiger partial charge in [-0.25, -0.2) is 4.98 Å². The van der Waals surface area contributed by atoms with E-state index in [0.717, 1.165) is 18.1 Å². The van der Waals surface area contributed by atoms with Crippen LogP contribution in [-0.2, 0) is 13.1 Å². The molecule has 0 atom stereocenters. The van der Waals surface area contributed by atoms with Gasteiger partial charge >= 0.3 is 0 Å². The molecule has 100 valence electrons. The second kappa shape index (κ2) is 5.31. The molecule has 0 saturated heterocycles. The molecule has 3 nitrogen and oxygen atoms in total. The first-order chi connectivity index (χ1) is 9.26. The molecule has 4 heteroatoms. The molecule has 2 N–H and O–H groups in total. The fraction of sp³-hybridized carbons (Fsp3) is 0.400. The summed E-state index contributed by atoms with van der Waals surface area (Å²) in [6, 6.07) is 9.17. The van der Waals surface area contributed by atoms with E-state index < -0.39 is 0 Å². The van der Waals surface area contributed by atoms with Crippen molar-refractivity contribution in [2.75, 3.05) is 4.90 Å². The fourth-order valence-corrected chi connectivity index (χ4v) is 3.04. The summed E-state index contributed by atoms with van der Waals surface area (Å²) in [5, 5.41) is 2.13. The van der Waals surface area contributed by atoms with E-state index in [2.05, 4.69) is 34.5 Å². The highest BCUT2D eigenvalue weighted by Crippen LogP contribution is 2.33. The molecule has 0 aromatic carbocycles. The lowest BCUT2D eigenvalue weighted by atomic mass is 10.2. The maximum Gasteiger partial charge on any atom is 0.129 e. The van der Waals surface area contributed by atoms with E-state index in [0.29, 0.717) is 12.6 Å². The second-order valence-electron chi connectivity index (χ2n) is 5.12. The highest BCUT2D eigenvalue weighted by atomic mass is 32.1. The number of pyridine rings is 1. The molecule has 1 aliphatic carbocycles. The van der Waals surface area contributed by atoms with Gasteiger partial charge < -0.3 is 10.6 Å². The normalized spacial score (nSPS) is 14.6. The van der Waals surface area contributed by atoms with Crippen molar-refractivity contribution < 1.29 is 0 Å². The Kier molecular flexibility index (Phi) is 3.53. The Morgan fingerprint density at radius 1 is 1.42 bits per heavy atom. The molecule has 0 radical (unpaired) electrons. The van der Waals surface area contributed by atoms with Gasteiger partial charge in [0.15, 0.2) is 0 Å². The third kappa shape index (κ3) is 2.96. The van der Waals surface area contributed by atoms with Crippen molar-refractivity contribution in [3.8, 4) is 0 Å². The van der Waals surface area contributed by atoms with E-state index in [4.69, 9.17) is 10.7 Å². The highest BCUT2D eigenvalue weighted by molar-refractivity contribution is 7.09. The molecule has 2 heterocycles. The van der Waals surface area contributed by atoms with Crippen LogP contribution < -0.4 is 10.6 Å². The lowest BCUT2D eigenvalue weighted by molar-refractivity contribution is 0.781. The fourth-order valence-electron chi connectivity index (χ4n) is 2.34. The van der Waals surface area contributed by atoms with E-state index in [1.807, 2.05) is 18.3 Å². The minimum absolute atomic E-state index is 0.577. The molecule has 0 spiro atoms. The van der Waals surface area contributed by atoms with Crippen molar-refractivity contribution >= 4 is 17.2 Å². The average molecular weight is 273 g/mol. The van der Waals surface area contributed by atoms with Gasteiger partial charge in [-0.2, -0.15) is 0 Å². The Bertz CT molecular complexity index is 547. The van der Waals surface area contributed by atoms with Crippen LogP contribution in [0.1, 0.15) is 29.0 Å². The van der Waals surface area contributed by atoms with Crippen LogP contribution in [-0.4, -0.2) is 11.0 Å². The Morgan fingerprint density at radius 3 is 2.89 bits per heavy atom. The minimum atomic E-state index is 0.577. The number of rotatable bonds is 5. The summed E-state index contributed by atoms with van der Waals surface area (Å²) in [7, 11) is 0. The predicted octanol–water partition coefficient (Wildman–Crippen LogP) is 3.08. The molecule has 19 heavy (non-hydrogen) atoms. The van der Waals surface area contributed by atoms with Crippen molar-refractivity contribution in [1.82, 2.24) is 4.98 Å². The summed E-state index contributed by atoms with van der Waals surface area (Å²) < 4.78 is 0. The molecular weight excluding hydrogens is 254 g/mol. The Morgan fingerprint density at radius 2 is 2.26 bits per heavy atom. The van der Waals surface area contributed by atoms with Crippen LogP contribution in [0.15, 0.2) is 29.6 Å². The van der Waals surface area contributed by atoms with Crippen molar-refractivity contribution in [3.63, 3.8) is 0 Å². The van der Waals surface area contributed by atoms with E-state index in [-0.39, 0.29) is 0 Å². The van der Waals surface area contributed by atoms with Gasteiger partial charge in [0, 0.05) is 23.2 Å². The molecule has 0 bridgehead atoms. The van der Waals surface area contributed by atoms with Crippen molar-refractivity contribution in [2.45, 2.75) is 38.9 Å². The molecular formula is C15H19N3S. The zero-order valence-corrected chi connectivity index (χ0v) is 12.0. The van der Waals surface area contributed by atoms with Gasteiger partial charge in [0.1, 0.15) is 5.82 Å². The van der Waals surface area contributed by atoms with Crippen LogP contribution in [0.5, 0.6) is 0 Å². The molecule has 1 aliphatic rings. The monoisotopic (exact) mass is 273 g/mol. The van der Waals surface area contributed by atoms with Gasteiger partial charge in [-0.3, -0.25) is 0 Å².